The van der Waals surface area contributed by atoms with Gasteiger partial charge in [-0.25, -0.2) is 4.79 Å². The Balaban J connectivity index is 2.47. The van der Waals surface area contributed by atoms with E-state index in [0.29, 0.717) is 13.0 Å². The van der Waals surface area contributed by atoms with Crippen LogP contribution in [0.4, 0.5) is 13.2 Å². The molecule has 23 heavy (non-hydrogen) atoms. The molecule has 0 spiro atoms. The first-order valence-corrected chi connectivity index (χ1v) is 6.98. The molecule has 1 aromatic carbocycles. The van der Waals surface area contributed by atoms with Crippen molar-refractivity contribution in [3.8, 4) is 11.5 Å². The van der Waals surface area contributed by atoms with Crippen LogP contribution in [0.1, 0.15) is 17.5 Å². The van der Waals surface area contributed by atoms with E-state index in [0.717, 1.165) is 13.2 Å². The molecule has 1 N–H and O–H groups in total. The minimum absolute atomic E-state index is 0.0371. The molecule has 5 nitrogen and oxygen atoms in total. The van der Waals surface area contributed by atoms with Crippen molar-refractivity contribution in [1.29, 1.82) is 0 Å². The summed E-state index contributed by atoms with van der Waals surface area (Å²) in [6.45, 7) is 0.380. The monoisotopic (exact) mass is 349 g/mol. The summed E-state index contributed by atoms with van der Waals surface area (Å²) in [6.07, 6.45) is -4.26. The van der Waals surface area contributed by atoms with Gasteiger partial charge in [-0.1, -0.05) is 12.2 Å². The molecule has 1 aromatic rings. The van der Waals surface area contributed by atoms with Gasteiger partial charge in [-0.15, -0.1) is 0 Å². The molecule has 1 saturated heterocycles. The number of aliphatic carboxylic acids is 1. The quantitative estimate of drug-likeness (QED) is 0.843. The third-order valence-electron chi connectivity index (χ3n) is 3.60. The summed E-state index contributed by atoms with van der Waals surface area (Å²) in [5.41, 5.74) is -0.958. The van der Waals surface area contributed by atoms with Gasteiger partial charge >= 0.3 is 12.1 Å². The Kier molecular flexibility index (Phi) is 4.69. The van der Waals surface area contributed by atoms with Crippen molar-refractivity contribution in [3.05, 3.63) is 23.3 Å². The fourth-order valence-electron chi connectivity index (χ4n) is 2.35. The highest BCUT2D eigenvalue weighted by molar-refractivity contribution is 7.80. The maximum Gasteiger partial charge on any atom is 0.420 e. The minimum Gasteiger partial charge on any atom is -0.493 e. The minimum atomic E-state index is -4.66. The van der Waals surface area contributed by atoms with Crippen LogP contribution in [0.3, 0.4) is 0 Å². The van der Waals surface area contributed by atoms with E-state index in [2.05, 4.69) is 0 Å². The molecule has 1 aliphatic rings. The number of thiocarbonyl (C=S) groups is 1. The van der Waals surface area contributed by atoms with Gasteiger partial charge in [-0.2, -0.15) is 13.2 Å². The van der Waals surface area contributed by atoms with Crippen LogP contribution in [-0.2, 0) is 11.0 Å². The Labute approximate surface area is 135 Å². The van der Waals surface area contributed by atoms with Gasteiger partial charge in [0.05, 0.1) is 14.2 Å². The summed E-state index contributed by atoms with van der Waals surface area (Å²) in [5, 5.41) is 9.04. The first-order valence-electron chi connectivity index (χ1n) is 6.57. The molecule has 0 aliphatic carbocycles. The van der Waals surface area contributed by atoms with E-state index in [-0.39, 0.29) is 16.3 Å². The summed E-state index contributed by atoms with van der Waals surface area (Å²) >= 11 is 5.16. The number of carboxylic acids is 1. The normalized spacial score (nSPS) is 17.4. The highest BCUT2D eigenvalue weighted by Gasteiger charge is 2.39. The van der Waals surface area contributed by atoms with E-state index < -0.39 is 29.5 Å². The number of carbonyl (C=O) groups is 1. The van der Waals surface area contributed by atoms with E-state index in [9.17, 15) is 18.0 Å². The number of ether oxygens (including phenoxy) is 2. The highest BCUT2D eigenvalue weighted by Crippen LogP contribution is 2.43. The summed E-state index contributed by atoms with van der Waals surface area (Å²) in [4.78, 5) is 12.5. The molecule has 1 atom stereocenters. The Bertz CT molecular complexity index is 648. The van der Waals surface area contributed by atoms with E-state index in [1.54, 1.807) is 0 Å². The van der Waals surface area contributed by atoms with Crippen LogP contribution >= 0.6 is 12.2 Å². The van der Waals surface area contributed by atoms with Crippen molar-refractivity contribution in [2.24, 2.45) is 0 Å². The van der Waals surface area contributed by atoms with Crippen molar-refractivity contribution >= 4 is 23.2 Å². The van der Waals surface area contributed by atoms with Crippen LogP contribution in [0.2, 0.25) is 0 Å². The van der Waals surface area contributed by atoms with Gasteiger partial charge < -0.3 is 19.5 Å². The van der Waals surface area contributed by atoms with Crippen molar-refractivity contribution in [3.63, 3.8) is 0 Å². The molecule has 9 heteroatoms. The zero-order valence-electron chi connectivity index (χ0n) is 12.3. The van der Waals surface area contributed by atoms with Crippen molar-refractivity contribution in [1.82, 2.24) is 4.90 Å². The van der Waals surface area contributed by atoms with E-state index in [4.69, 9.17) is 26.8 Å². The molecule has 126 valence electrons. The van der Waals surface area contributed by atoms with Gasteiger partial charge in [0.1, 0.15) is 16.6 Å². The summed E-state index contributed by atoms with van der Waals surface area (Å²) in [6, 6.07) is 1.35. The fraction of sp³-hybridized carbons (Fsp3) is 0.429. The molecule has 1 heterocycles. The summed E-state index contributed by atoms with van der Waals surface area (Å²) in [5.74, 6) is -1.62. The van der Waals surface area contributed by atoms with Crippen molar-refractivity contribution in [2.75, 3.05) is 20.8 Å². The van der Waals surface area contributed by atoms with E-state index >= 15 is 0 Å². The number of alkyl halides is 3. The second-order valence-electron chi connectivity index (χ2n) is 4.90. The largest absolute Gasteiger partial charge is 0.493 e. The molecule has 0 bridgehead atoms. The summed E-state index contributed by atoms with van der Waals surface area (Å²) in [7, 11) is 2.33. The second kappa shape index (κ2) is 6.23. The standard InChI is InChI=1S/C14H14F3NO4S/c1-21-10-6-7(5-8(11(10)22-2)14(15,16)17)12(23)18-4-3-9(18)13(19)20/h5-6,9H,3-4H2,1-2H3,(H,19,20). The molecule has 2 rings (SSSR count). The predicted octanol–water partition coefficient (Wildman–Crippen LogP) is 2.56. The van der Waals surface area contributed by atoms with Crippen LogP contribution in [0.5, 0.6) is 11.5 Å². The number of hydrogen-bond donors (Lipinski definition) is 1. The number of benzene rings is 1. The van der Waals surface area contributed by atoms with Gasteiger partial charge in [-0.05, 0) is 18.6 Å². The van der Waals surface area contributed by atoms with Gasteiger partial charge in [0.2, 0.25) is 0 Å². The average Bonchev–Trinajstić information content (AvgIpc) is 2.42. The summed E-state index contributed by atoms with van der Waals surface area (Å²) < 4.78 is 49.4. The molecule has 0 aromatic heterocycles. The number of nitrogens with zero attached hydrogens (tertiary/aromatic N) is 1. The Morgan fingerprint density at radius 1 is 1.35 bits per heavy atom. The van der Waals surface area contributed by atoms with Crippen LogP contribution in [-0.4, -0.2) is 47.8 Å². The lowest BCUT2D eigenvalue weighted by atomic mass is 10.0. The molecular weight excluding hydrogens is 335 g/mol. The van der Waals surface area contributed by atoms with Crippen LogP contribution in [0.15, 0.2) is 12.1 Å². The number of carboxylic acid groups (broad SMARTS) is 1. The maximum absolute atomic E-state index is 13.2. The molecule has 1 aliphatic heterocycles. The first kappa shape index (κ1) is 17.3. The molecular formula is C14H14F3NO4S. The lowest BCUT2D eigenvalue weighted by Gasteiger charge is -2.40. The zero-order chi connectivity index (χ0) is 17.4. The van der Waals surface area contributed by atoms with Gasteiger partial charge in [-0.3, -0.25) is 0 Å². The van der Waals surface area contributed by atoms with E-state index in [1.807, 2.05) is 0 Å². The third-order valence-corrected chi connectivity index (χ3v) is 4.07. The van der Waals surface area contributed by atoms with E-state index in [1.165, 1.54) is 18.1 Å². The highest BCUT2D eigenvalue weighted by atomic mass is 32.1. The fourth-order valence-corrected chi connectivity index (χ4v) is 2.69. The second-order valence-corrected chi connectivity index (χ2v) is 5.29. The lowest BCUT2D eigenvalue weighted by molar-refractivity contribution is -0.145. The SMILES string of the molecule is COc1cc(C(=S)N2CCC2C(=O)O)cc(C(F)(F)F)c1OC. The zero-order valence-corrected chi connectivity index (χ0v) is 13.1. The smallest absolute Gasteiger partial charge is 0.420 e. The lowest BCUT2D eigenvalue weighted by Crippen LogP contribution is -2.54. The topological polar surface area (TPSA) is 59.0 Å². The third kappa shape index (κ3) is 3.19. The Morgan fingerprint density at radius 2 is 2.00 bits per heavy atom. The van der Waals surface area contributed by atoms with Crippen molar-refractivity contribution in [2.45, 2.75) is 18.6 Å². The van der Waals surface area contributed by atoms with Crippen molar-refractivity contribution < 1.29 is 32.5 Å². The van der Waals surface area contributed by atoms with Gasteiger partial charge in [0.25, 0.3) is 0 Å². The maximum atomic E-state index is 13.2. The predicted molar refractivity (Wildman–Crippen MR) is 79.0 cm³/mol. The molecule has 0 saturated carbocycles. The number of methoxy groups -OCH3 is 2. The number of rotatable bonds is 4. The average molecular weight is 349 g/mol. The first-order chi connectivity index (χ1) is 10.7. The molecule has 1 fully saturated rings. The van der Waals surface area contributed by atoms with Gasteiger partial charge in [0, 0.05) is 12.1 Å². The van der Waals surface area contributed by atoms with Crippen LogP contribution in [0.25, 0.3) is 0 Å². The van der Waals surface area contributed by atoms with Gasteiger partial charge in [0.15, 0.2) is 11.5 Å². The molecule has 0 radical (unpaired) electrons. The molecule has 0 amide bonds. The number of likely N-dealkylation sites (tertiary alicyclic amines) is 1. The van der Waals surface area contributed by atoms with Crippen LogP contribution < -0.4 is 9.47 Å². The molecule has 1 unspecified atom stereocenters. The Hall–Kier alpha value is -2.03. The number of hydrogen-bond acceptors (Lipinski definition) is 4. The van der Waals surface area contributed by atoms with Crippen LogP contribution in [0, 0.1) is 0 Å². The Morgan fingerprint density at radius 3 is 2.39 bits per heavy atom. The number of halogens is 3.